The number of benzene rings is 2. The molecular weight excluding hydrogens is 500 g/mol. The van der Waals surface area contributed by atoms with E-state index in [1.54, 1.807) is 48.0 Å². The fourth-order valence-electron chi connectivity index (χ4n) is 4.21. The third-order valence-corrected chi connectivity index (χ3v) is 6.22. The first-order chi connectivity index (χ1) is 17.7. The minimum atomic E-state index is -0.751. The summed E-state index contributed by atoms with van der Waals surface area (Å²) in [6.45, 7) is 1.55. The van der Waals surface area contributed by atoms with E-state index in [1.807, 2.05) is 0 Å². The van der Waals surface area contributed by atoms with E-state index in [4.69, 9.17) is 20.8 Å². The molecule has 2 aromatic carbocycles. The Hall–Kier alpha value is -4.57. The van der Waals surface area contributed by atoms with Crippen molar-refractivity contribution < 1.29 is 24.2 Å². The quantitative estimate of drug-likeness (QED) is 0.350. The number of nitrogens with zero attached hydrogens (tertiary/aromatic N) is 3. The van der Waals surface area contributed by atoms with Crippen LogP contribution < -0.4 is 15.7 Å². The molecule has 5 rings (SSSR count). The van der Waals surface area contributed by atoms with Gasteiger partial charge in [-0.3, -0.25) is 4.79 Å². The van der Waals surface area contributed by atoms with Crippen molar-refractivity contribution in [1.29, 1.82) is 0 Å². The van der Waals surface area contributed by atoms with Crippen molar-refractivity contribution in [3.05, 3.63) is 92.6 Å². The summed E-state index contributed by atoms with van der Waals surface area (Å²) in [6.07, 6.45) is 1.53. The molecule has 1 amide bonds. The fourth-order valence-corrected chi connectivity index (χ4v) is 4.34. The first-order valence-electron chi connectivity index (χ1n) is 11.2. The molecule has 188 valence electrons. The summed E-state index contributed by atoms with van der Waals surface area (Å²) in [5, 5.41) is 28.4. The number of halogens is 1. The molecule has 4 aromatic rings. The van der Waals surface area contributed by atoms with Gasteiger partial charge in [0, 0.05) is 23.2 Å². The Balaban J connectivity index is 1.64. The first kappa shape index (κ1) is 24.1. The lowest BCUT2D eigenvalue weighted by atomic mass is 9.95. The van der Waals surface area contributed by atoms with Crippen LogP contribution in [0.2, 0.25) is 5.02 Å². The van der Waals surface area contributed by atoms with Gasteiger partial charge in [0.05, 0.1) is 25.1 Å². The third kappa shape index (κ3) is 4.54. The van der Waals surface area contributed by atoms with Crippen LogP contribution in [0.4, 0.5) is 11.5 Å². The average molecular weight is 521 g/mol. The van der Waals surface area contributed by atoms with Crippen LogP contribution in [-0.4, -0.2) is 38.7 Å². The number of aromatic hydroxyl groups is 2. The first-order valence-corrected chi connectivity index (χ1v) is 11.6. The van der Waals surface area contributed by atoms with E-state index in [0.29, 0.717) is 16.3 Å². The minimum absolute atomic E-state index is 0.0449. The number of fused-ring (bicyclic) bond motifs is 1. The molecule has 10 nitrogen and oxygen atoms in total. The predicted octanol–water partition coefficient (Wildman–Crippen LogP) is 4.58. The Morgan fingerprint density at radius 1 is 1.16 bits per heavy atom. The zero-order chi connectivity index (χ0) is 26.3. The highest BCUT2D eigenvalue weighted by Gasteiger charge is 2.32. The number of phenols is 1. The van der Waals surface area contributed by atoms with Gasteiger partial charge >= 0.3 is 5.63 Å². The molecule has 0 aliphatic carbocycles. The van der Waals surface area contributed by atoms with E-state index >= 15 is 0 Å². The maximum Gasteiger partial charge on any atom is 0.348 e. The van der Waals surface area contributed by atoms with E-state index in [-0.39, 0.29) is 52.1 Å². The predicted molar refractivity (Wildman–Crippen MR) is 137 cm³/mol. The van der Waals surface area contributed by atoms with E-state index in [9.17, 15) is 19.8 Å². The van der Waals surface area contributed by atoms with Gasteiger partial charge < -0.3 is 24.7 Å². The molecule has 3 heterocycles. The topological polar surface area (TPSA) is 139 Å². The summed E-state index contributed by atoms with van der Waals surface area (Å²) < 4.78 is 12.0. The number of ether oxygens (including phenoxy) is 1. The van der Waals surface area contributed by atoms with Crippen LogP contribution in [0.5, 0.6) is 17.2 Å². The summed E-state index contributed by atoms with van der Waals surface area (Å²) in [4.78, 5) is 30.5. The number of amides is 1. The van der Waals surface area contributed by atoms with Gasteiger partial charge in [-0.05, 0) is 48.9 Å². The molecule has 0 saturated heterocycles. The van der Waals surface area contributed by atoms with Crippen LogP contribution in [0.15, 0.2) is 68.9 Å². The van der Waals surface area contributed by atoms with Crippen LogP contribution in [0, 0.1) is 6.92 Å². The molecule has 3 N–H and O–H groups in total. The van der Waals surface area contributed by atoms with Gasteiger partial charge in [0.2, 0.25) is 0 Å². The Labute approximate surface area is 215 Å². The van der Waals surface area contributed by atoms with Crippen LogP contribution in [0.25, 0.3) is 0 Å². The summed E-state index contributed by atoms with van der Waals surface area (Å²) in [6, 6.07) is 12.2. The summed E-state index contributed by atoms with van der Waals surface area (Å²) in [5.41, 5.74) is 0.713. The molecule has 1 aliphatic rings. The standard InChI is InChI=1S/C26H21ClN4O6/c1-13-9-21(33)23(26(35)37-13)18-11-19(14-3-8-20(32)22(10-14)36-2)31-24(30-18)17(12-28-31)25(34)29-16-6-4-15(27)5-7-16/h3-10,12,19,32-33H,11H2,1-2H3,(H,29,34)/t19-/m1/s1. The highest BCUT2D eigenvalue weighted by molar-refractivity contribution is 6.30. The zero-order valence-electron chi connectivity index (χ0n) is 19.7. The lowest BCUT2D eigenvalue weighted by molar-refractivity contribution is 0.102. The maximum atomic E-state index is 13.2. The lowest BCUT2D eigenvalue weighted by Crippen LogP contribution is -2.25. The van der Waals surface area contributed by atoms with E-state index in [2.05, 4.69) is 15.4 Å². The van der Waals surface area contributed by atoms with Gasteiger partial charge in [0.15, 0.2) is 17.3 Å². The van der Waals surface area contributed by atoms with E-state index in [0.717, 1.165) is 0 Å². The molecule has 0 fully saturated rings. The second-order valence-electron chi connectivity index (χ2n) is 8.40. The van der Waals surface area contributed by atoms with Crippen molar-refractivity contribution in [2.75, 3.05) is 12.4 Å². The summed E-state index contributed by atoms with van der Waals surface area (Å²) >= 11 is 5.94. The Kier molecular flexibility index (Phi) is 6.18. The van der Waals surface area contributed by atoms with Crippen molar-refractivity contribution in [2.24, 2.45) is 4.99 Å². The van der Waals surface area contributed by atoms with Crippen LogP contribution in [-0.2, 0) is 0 Å². The number of hydrogen-bond donors (Lipinski definition) is 3. The highest BCUT2D eigenvalue weighted by atomic mass is 35.5. The fraction of sp³-hybridized carbons (Fsp3) is 0.154. The number of hydrogen-bond acceptors (Lipinski definition) is 8. The number of phenolic OH excluding ortho intramolecular Hbond substituents is 1. The molecule has 1 aliphatic heterocycles. The molecule has 11 heteroatoms. The Morgan fingerprint density at radius 2 is 1.92 bits per heavy atom. The summed E-state index contributed by atoms with van der Waals surface area (Å²) in [7, 11) is 1.43. The molecule has 2 aromatic heterocycles. The number of carbonyl (C=O) groups excluding carboxylic acids is 1. The number of aryl methyl sites for hydroxylation is 1. The SMILES string of the molecule is COc1cc([C@H]2CC(c3c(O)cc(C)oc3=O)=Nc3c(C(=O)Nc4ccc(Cl)cc4)cnn32)ccc1O. The van der Waals surface area contributed by atoms with Crippen molar-refractivity contribution in [3.63, 3.8) is 0 Å². The minimum Gasteiger partial charge on any atom is -0.507 e. The van der Waals surface area contributed by atoms with Gasteiger partial charge in [-0.1, -0.05) is 17.7 Å². The van der Waals surface area contributed by atoms with Gasteiger partial charge in [-0.15, -0.1) is 0 Å². The molecule has 0 spiro atoms. The van der Waals surface area contributed by atoms with E-state index < -0.39 is 17.6 Å². The molecule has 0 bridgehead atoms. The number of carbonyl (C=O) groups is 1. The van der Waals surface area contributed by atoms with E-state index in [1.165, 1.54) is 25.4 Å². The van der Waals surface area contributed by atoms with Gasteiger partial charge in [-0.2, -0.15) is 5.10 Å². The van der Waals surface area contributed by atoms with Crippen LogP contribution >= 0.6 is 11.6 Å². The lowest BCUT2D eigenvalue weighted by Gasteiger charge is -2.25. The summed E-state index contributed by atoms with van der Waals surface area (Å²) in [5.74, 6) is -0.129. The van der Waals surface area contributed by atoms with Gasteiger partial charge in [0.25, 0.3) is 5.91 Å². The highest BCUT2D eigenvalue weighted by Crippen LogP contribution is 2.39. The Bertz CT molecular complexity index is 1610. The number of methoxy groups -OCH3 is 1. The second kappa shape index (κ2) is 9.47. The van der Waals surface area contributed by atoms with Crippen molar-refractivity contribution >= 4 is 34.7 Å². The average Bonchev–Trinajstić information content (AvgIpc) is 3.29. The monoisotopic (exact) mass is 520 g/mol. The molecule has 0 unspecified atom stereocenters. The smallest absolute Gasteiger partial charge is 0.348 e. The van der Waals surface area contributed by atoms with Crippen molar-refractivity contribution in [3.8, 4) is 17.2 Å². The number of anilines is 1. The molecular formula is C26H21ClN4O6. The van der Waals surface area contributed by atoms with Crippen LogP contribution in [0.3, 0.4) is 0 Å². The second-order valence-corrected chi connectivity index (χ2v) is 8.84. The third-order valence-electron chi connectivity index (χ3n) is 5.97. The number of aromatic nitrogens is 2. The largest absolute Gasteiger partial charge is 0.507 e. The molecule has 1 atom stereocenters. The van der Waals surface area contributed by atoms with Crippen molar-refractivity contribution in [2.45, 2.75) is 19.4 Å². The normalized spacial score (nSPS) is 14.6. The number of rotatable bonds is 5. The number of aliphatic imine (C=N–C) groups is 1. The van der Waals surface area contributed by atoms with Gasteiger partial charge in [-0.25, -0.2) is 14.5 Å². The number of nitrogens with one attached hydrogen (secondary N) is 1. The molecule has 0 radical (unpaired) electrons. The molecule has 37 heavy (non-hydrogen) atoms. The Morgan fingerprint density at radius 3 is 2.62 bits per heavy atom. The van der Waals surface area contributed by atoms with Crippen LogP contribution in [0.1, 0.15) is 39.7 Å². The zero-order valence-corrected chi connectivity index (χ0v) is 20.5. The van der Waals surface area contributed by atoms with Crippen molar-refractivity contribution in [1.82, 2.24) is 9.78 Å². The molecule has 0 saturated carbocycles. The van der Waals surface area contributed by atoms with Gasteiger partial charge in [0.1, 0.15) is 22.6 Å². The maximum absolute atomic E-state index is 13.2.